The van der Waals surface area contributed by atoms with Crippen molar-refractivity contribution < 1.29 is 26.3 Å². The molecule has 2 rings (SSSR count). The summed E-state index contributed by atoms with van der Waals surface area (Å²) in [6.07, 6.45) is -3.26. The third-order valence-electron chi connectivity index (χ3n) is 3.93. The van der Waals surface area contributed by atoms with Crippen LogP contribution in [0.3, 0.4) is 0 Å². The second kappa shape index (κ2) is 10.3. The van der Waals surface area contributed by atoms with Crippen molar-refractivity contribution in [3.63, 3.8) is 0 Å². The molecule has 0 saturated carbocycles. The molecular formula is C20H24F3N3O3S. The molecule has 0 radical (unpaired) electrons. The van der Waals surface area contributed by atoms with E-state index in [-0.39, 0.29) is 18.0 Å². The highest BCUT2D eigenvalue weighted by molar-refractivity contribution is 7.90. The van der Waals surface area contributed by atoms with Crippen LogP contribution in [0.2, 0.25) is 0 Å². The number of hydrogen-bond donors (Lipinski definition) is 2. The van der Waals surface area contributed by atoms with E-state index in [9.17, 15) is 21.6 Å². The van der Waals surface area contributed by atoms with Crippen LogP contribution >= 0.6 is 0 Å². The zero-order valence-electron chi connectivity index (χ0n) is 16.7. The van der Waals surface area contributed by atoms with E-state index in [1.165, 1.54) is 18.2 Å². The van der Waals surface area contributed by atoms with Gasteiger partial charge in [0.25, 0.3) is 0 Å². The summed E-state index contributed by atoms with van der Waals surface area (Å²) in [5.41, 5.74) is -0.257. The highest BCUT2D eigenvalue weighted by atomic mass is 32.2. The molecule has 2 aromatic rings. The van der Waals surface area contributed by atoms with Crippen molar-refractivity contribution in [2.75, 3.05) is 26.0 Å². The smallest absolute Gasteiger partial charge is 0.416 e. The third-order valence-corrected chi connectivity index (χ3v) is 5.06. The number of alkyl halides is 3. The quantitative estimate of drug-likeness (QED) is 0.372. The fourth-order valence-corrected chi connectivity index (χ4v) is 3.11. The molecule has 0 saturated heterocycles. The summed E-state index contributed by atoms with van der Waals surface area (Å²) in [5, 5.41) is 6.05. The van der Waals surface area contributed by atoms with Gasteiger partial charge < -0.3 is 15.4 Å². The number of halogens is 3. The van der Waals surface area contributed by atoms with E-state index in [0.717, 1.165) is 18.4 Å². The van der Waals surface area contributed by atoms with E-state index in [1.54, 1.807) is 18.2 Å². The van der Waals surface area contributed by atoms with Crippen molar-refractivity contribution >= 4 is 15.8 Å². The molecule has 0 aromatic heterocycles. The standard InChI is InChI=1S/C20H24F3N3O3S/c1-3-24-19(26-14-15-5-4-6-16(13-15)20(21,22)23)25-11-12-29-17-7-9-18(10-8-17)30(2,27)28/h4-10,13H,3,11-12,14H2,1-2H3,(H2,24,25,26). The minimum Gasteiger partial charge on any atom is -0.492 e. The molecule has 0 heterocycles. The molecule has 10 heteroatoms. The summed E-state index contributed by atoms with van der Waals surface area (Å²) in [5.74, 6) is 0.973. The Morgan fingerprint density at radius 2 is 1.80 bits per heavy atom. The van der Waals surface area contributed by atoms with Crippen LogP contribution in [0.15, 0.2) is 58.4 Å². The fraction of sp³-hybridized carbons (Fsp3) is 0.350. The summed E-state index contributed by atoms with van der Waals surface area (Å²) in [6.45, 7) is 3.23. The summed E-state index contributed by atoms with van der Waals surface area (Å²) in [4.78, 5) is 4.51. The minimum absolute atomic E-state index is 0.0903. The zero-order chi connectivity index (χ0) is 22.2. The molecule has 30 heavy (non-hydrogen) atoms. The first-order valence-electron chi connectivity index (χ1n) is 9.21. The molecule has 6 nitrogen and oxygen atoms in total. The van der Waals surface area contributed by atoms with Gasteiger partial charge in [-0.1, -0.05) is 12.1 Å². The van der Waals surface area contributed by atoms with Crippen LogP contribution in [-0.4, -0.2) is 40.3 Å². The average Bonchev–Trinajstić information content (AvgIpc) is 2.68. The SMILES string of the molecule is CCNC(=NCc1cccc(C(F)(F)F)c1)NCCOc1ccc(S(C)(=O)=O)cc1. The maximum absolute atomic E-state index is 12.8. The third kappa shape index (κ3) is 7.58. The molecule has 2 N–H and O–H groups in total. The monoisotopic (exact) mass is 443 g/mol. The first kappa shape index (κ1) is 23.5. The van der Waals surface area contributed by atoms with Crippen molar-refractivity contribution in [2.24, 2.45) is 4.99 Å². The normalized spacial score (nSPS) is 12.5. The Bertz CT molecular complexity index is 959. The van der Waals surface area contributed by atoms with Gasteiger partial charge in [0.2, 0.25) is 0 Å². The predicted octanol–water partition coefficient (Wildman–Crippen LogP) is 3.24. The zero-order valence-corrected chi connectivity index (χ0v) is 17.5. The van der Waals surface area contributed by atoms with E-state index < -0.39 is 21.6 Å². The summed E-state index contributed by atoms with van der Waals surface area (Å²) < 4.78 is 66.9. The Morgan fingerprint density at radius 1 is 1.10 bits per heavy atom. The molecule has 0 atom stereocenters. The van der Waals surface area contributed by atoms with Crippen LogP contribution in [0.1, 0.15) is 18.1 Å². The van der Waals surface area contributed by atoms with E-state index in [4.69, 9.17) is 4.74 Å². The number of benzene rings is 2. The van der Waals surface area contributed by atoms with Crippen molar-refractivity contribution in [1.29, 1.82) is 0 Å². The molecule has 0 aliphatic heterocycles. The van der Waals surface area contributed by atoms with Gasteiger partial charge in [-0.15, -0.1) is 0 Å². The van der Waals surface area contributed by atoms with Gasteiger partial charge in [-0.2, -0.15) is 13.2 Å². The molecule has 0 fully saturated rings. The number of guanidine groups is 1. The second-order valence-corrected chi connectivity index (χ2v) is 8.43. The lowest BCUT2D eigenvalue weighted by atomic mass is 10.1. The summed E-state index contributed by atoms with van der Waals surface area (Å²) in [7, 11) is -3.26. The van der Waals surface area contributed by atoms with E-state index in [2.05, 4.69) is 15.6 Å². The van der Waals surface area contributed by atoms with Gasteiger partial charge >= 0.3 is 6.18 Å². The Kier molecular flexibility index (Phi) is 8.10. The number of nitrogens with zero attached hydrogens (tertiary/aromatic N) is 1. The predicted molar refractivity (Wildman–Crippen MR) is 109 cm³/mol. The number of hydrogen-bond acceptors (Lipinski definition) is 4. The summed E-state index contributed by atoms with van der Waals surface area (Å²) >= 11 is 0. The Hall–Kier alpha value is -2.75. The number of sulfone groups is 1. The molecule has 0 amide bonds. The van der Waals surface area contributed by atoms with Gasteiger partial charge in [0.1, 0.15) is 12.4 Å². The van der Waals surface area contributed by atoms with Crippen molar-refractivity contribution in [1.82, 2.24) is 10.6 Å². The number of rotatable bonds is 8. The van der Waals surface area contributed by atoms with Gasteiger partial charge in [-0.25, -0.2) is 13.4 Å². The van der Waals surface area contributed by atoms with Gasteiger partial charge in [0.15, 0.2) is 15.8 Å². The fourth-order valence-electron chi connectivity index (χ4n) is 2.48. The van der Waals surface area contributed by atoms with Crippen LogP contribution in [0.4, 0.5) is 13.2 Å². The maximum atomic E-state index is 12.8. The topological polar surface area (TPSA) is 79.8 Å². The number of nitrogens with one attached hydrogen (secondary N) is 2. The Balaban J connectivity index is 1.88. The van der Waals surface area contributed by atoms with Crippen molar-refractivity contribution in [3.8, 4) is 5.75 Å². The van der Waals surface area contributed by atoms with Gasteiger partial charge in [-0.3, -0.25) is 0 Å². The molecule has 0 aliphatic carbocycles. The van der Waals surface area contributed by atoms with E-state index >= 15 is 0 Å². The molecular weight excluding hydrogens is 419 g/mol. The largest absolute Gasteiger partial charge is 0.492 e. The summed E-state index contributed by atoms with van der Waals surface area (Å²) in [6, 6.07) is 11.1. The molecule has 164 valence electrons. The van der Waals surface area contributed by atoms with Crippen LogP contribution in [-0.2, 0) is 22.6 Å². The Labute approximate surface area is 174 Å². The number of aliphatic imine (C=N–C) groups is 1. The van der Waals surface area contributed by atoms with Crippen LogP contribution < -0.4 is 15.4 Å². The number of ether oxygens (including phenoxy) is 1. The average molecular weight is 443 g/mol. The van der Waals surface area contributed by atoms with Gasteiger partial charge in [-0.05, 0) is 48.9 Å². The second-order valence-electron chi connectivity index (χ2n) is 6.41. The molecule has 0 aliphatic rings. The van der Waals surface area contributed by atoms with Crippen molar-refractivity contribution in [2.45, 2.75) is 24.5 Å². The highest BCUT2D eigenvalue weighted by Crippen LogP contribution is 2.29. The van der Waals surface area contributed by atoms with Crippen LogP contribution in [0.5, 0.6) is 5.75 Å². The molecule has 0 unspecified atom stereocenters. The first-order chi connectivity index (χ1) is 14.1. The molecule has 0 bridgehead atoms. The first-order valence-corrected chi connectivity index (χ1v) is 11.1. The van der Waals surface area contributed by atoms with Crippen LogP contribution in [0, 0.1) is 0 Å². The lowest BCUT2D eigenvalue weighted by molar-refractivity contribution is -0.137. The molecule has 2 aromatic carbocycles. The molecule has 0 spiro atoms. The van der Waals surface area contributed by atoms with Gasteiger partial charge in [0.05, 0.1) is 23.5 Å². The van der Waals surface area contributed by atoms with E-state index in [1.807, 2.05) is 6.92 Å². The lowest BCUT2D eigenvalue weighted by Gasteiger charge is -2.13. The lowest BCUT2D eigenvalue weighted by Crippen LogP contribution is -2.39. The maximum Gasteiger partial charge on any atom is 0.416 e. The minimum atomic E-state index is -4.39. The van der Waals surface area contributed by atoms with Gasteiger partial charge in [0, 0.05) is 12.8 Å². The highest BCUT2D eigenvalue weighted by Gasteiger charge is 2.30. The van der Waals surface area contributed by atoms with Crippen LogP contribution in [0.25, 0.3) is 0 Å². The van der Waals surface area contributed by atoms with Crippen molar-refractivity contribution in [3.05, 3.63) is 59.7 Å². The Morgan fingerprint density at radius 3 is 2.40 bits per heavy atom. The van der Waals surface area contributed by atoms with E-state index in [0.29, 0.717) is 30.4 Å².